The highest BCUT2D eigenvalue weighted by Gasteiger charge is 2.41. The molecule has 3 nitrogen and oxygen atoms in total. The van der Waals surface area contributed by atoms with Crippen LogP contribution in [-0.4, -0.2) is 34.5 Å². The van der Waals surface area contributed by atoms with Crippen molar-refractivity contribution in [2.75, 3.05) is 11.9 Å². The Morgan fingerprint density at radius 2 is 1.94 bits per heavy atom. The van der Waals surface area contributed by atoms with Crippen molar-refractivity contribution in [1.82, 2.24) is 4.90 Å². The molecule has 1 aliphatic heterocycles. The summed E-state index contributed by atoms with van der Waals surface area (Å²) in [6.45, 7) is 10.5. The molecular formula is C12H20BrNO2. The van der Waals surface area contributed by atoms with Crippen molar-refractivity contribution < 1.29 is 9.53 Å². The van der Waals surface area contributed by atoms with Crippen molar-refractivity contribution in [3.8, 4) is 0 Å². The molecule has 0 saturated carbocycles. The van der Waals surface area contributed by atoms with E-state index in [1.54, 1.807) is 0 Å². The largest absolute Gasteiger partial charge is 0.353 e. The minimum absolute atomic E-state index is 0.0876. The number of alkyl halides is 1. The third-order valence-corrected chi connectivity index (χ3v) is 3.14. The first kappa shape index (κ1) is 13.7. The van der Waals surface area contributed by atoms with E-state index in [0.29, 0.717) is 6.61 Å². The Bertz CT molecular complexity index is 317. The van der Waals surface area contributed by atoms with Gasteiger partial charge in [-0.3, -0.25) is 4.79 Å². The average Bonchev–Trinajstić information content (AvgIpc) is 2.39. The van der Waals surface area contributed by atoms with Gasteiger partial charge in [0.25, 0.3) is 5.91 Å². The van der Waals surface area contributed by atoms with E-state index in [0.717, 1.165) is 16.5 Å². The summed E-state index contributed by atoms with van der Waals surface area (Å²) in [4.78, 5) is 13.9. The number of ether oxygens (including phenoxy) is 1. The van der Waals surface area contributed by atoms with Crippen molar-refractivity contribution in [1.29, 1.82) is 0 Å². The lowest BCUT2D eigenvalue weighted by molar-refractivity contribution is -0.143. The third kappa shape index (κ3) is 2.48. The summed E-state index contributed by atoms with van der Waals surface area (Å²) in [6.07, 6.45) is -0.204. The van der Waals surface area contributed by atoms with Crippen LogP contribution in [0.1, 0.15) is 34.6 Å². The molecule has 92 valence electrons. The van der Waals surface area contributed by atoms with Crippen LogP contribution in [0.3, 0.4) is 0 Å². The number of halogens is 1. The summed E-state index contributed by atoms with van der Waals surface area (Å²) in [5.41, 5.74) is 1.63. The van der Waals surface area contributed by atoms with Crippen LogP contribution in [0, 0.1) is 0 Å². The van der Waals surface area contributed by atoms with E-state index in [1.165, 1.54) is 0 Å². The Hall–Kier alpha value is -0.350. The van der Waals surface area contributed by atoms with Crippen LogP contribution in [0.25, 0.3) is 0 Å². The van der Waals surface area contributed by atoms with E-state index in [-0.39, 0.29) is 17.7 Å². The van der Waals surface area contributed by atoms with E-state index >= 15 is 0 Å². The minimum Gasteiger partial charge on any atom is -0.353 e. The lowest BCUT2D eigenvalue weighted by Gasteiger charge is -2.37. The molecule has 4 heteroatoms. The van der Waals surface area contributed by atoms with Crippen molar-refractivity contribution >= 4 is 21.8 Å². The van der Waals surface area contributed by atoms with Crippen LogP contribution in [0.2, 0.25) is 0 Å². The molecule has 1 heterocycles. The number of carbonyl (C=O) groups is 1. The van der Waals surface area contributed by atoms with Gasteiger partial charge >= 0.3 is 0 Å². The molecular weight excluding hydrogens is 270 g/mol. The second kappa shape index (κ2) is 4.88. The van der Waals surface area contributed by atoms with Crippen LogP contribution in [0.15, 0.2) is 11.1 Å². The first-order valence-corrected chi connectivity index (χ1v) is 6.61. The summed E-state index contributed by atoms with van der Waals surface area (Å²) in [5, 5.41) is 0.780. The highest BCUT2D eigenvalue weighted by Crippen LogP contribution is 2.32. The van der Waals surface area contributed by atoms with Crippen molar-refractivity contribution in [2.45, 2.75) is 46.4 Å². The van der Waals surface area contributed by atoms with Gasteiger partial charge in [-0.1, -0.05) is 15.9 Å². The molecule has 1 rings (SSSR count). The number of amides is 1. The first-order chi connectivity index (χ1) is 7.30. The van der Waals surface area contributed by atoms with Crippen molar-refractivity contribution in [3.63, 3.8) is 0 Å². The summed E-state index contributed by atoms with van der Waals surface area (Å²) in [7, 11) is 0. The van der Waals surface area contributed by atoms with Gasteiger partial charge in [-0.2, -0.15) is 0 Å². The quantitative estimate of drug-likeness (QED) is 0.748. The maximum Gasteiger partial charge on any atom is 0.252 e. The van der Waals surface area contributed by atoms with Gasteiger partial charge < -0.3 is 9.64 Å². The van der Waals surface area contributed by atoms with Gasteiger partial charge in [-0.25, -0.2) is 0 Å². The number of hydrogen-bond acceptors (Lipinski definition) is 2. The molecule has 0 spiro atoms. The zero-order valence-corrected chi connectivity index (χ0v) is 12.2. The van der Waals surface area contributed by atoms with Gasteiger partial charge in [0, 0.05) is 16.4 Å². The number of rotatable bonds is 3. The summed E-state index contributed by atoms with van der Waals surface area (Å²) in [6, 6.07) is 0. The topological polar surface area (TPSA) is 29.5 Å². The monoisotopic (exact) mass is 289 g/mol. The van der Waals surface area contributed by atoms with Crippen LogP contribution in [0.5, 0.6) is 0 Å². The predicted molar refractivity (Wildman–Crippen MR) is 68.5 cm³/mol. The highest BCUT2D eigenvalue weighted by atomic mass is 79.9. The van der Waals surface area contributed by atoms with Gasteiger partial charge in [0.05, 0.1) is 6.61 Å². The summed E-state index contributed by atoms with van der Waals surface area (Å²) in [5.74, 6) is 0.0876. The minimum atomic E-state index is -0.215. The SMILES string of the molecule is CC1=C(C)C(OCCBr)N(C(C)(C)C)C1=O. The molecule has 1 unspecified atom stereocenters. The van der Waals surface area contributed by atoms with Gasteiger partial charge in [0.15, 0.2) is 6.23 Å². The van der Waals surface area contributed by atoms with Gasteiger partial charge in [-0.15, -0.1) is 0 Å². The highest BCUT2D eigenvalue weighted by molar-refractivity contribution is 9.09. The zero-order valence-electron chi connectivity index (χ0n) is 10.6. The average molecular weight is 290 g/mol. The molecule has 0 fully saturated rings. The van der Waals surface area contributed by atoms with E-state index in [1.807, 2.05) is 39.5 Å². The molecule has 0 aromatic heterocycles. The second-order valence-electron chi connectivity index (χ2n) is 5.07. The van der Waals surface area contributed by atoms with Crippen molar-refractivity contribution in [2.24, 2.45) is 0 Å². The maximum atomic E-state index is 12.1. The van der Waals surface area contributed by atoms with Gasteiger partial charge in [0.1, 0.15) is 0 Å². The Morgan fingerprint density at radius 1 is 1.38 bits per heavy atom. The van der Waals surface area contributed by atoms with E-state index in [4.69, 9.17) is 4.74 Å². The lowest BCUT2D eigenvalue weighted by Crippen LogP contribution is -2.49. The smallest absolute Gasteiger partial charge is 0.252 e. The number of nitrogens with zero attached hydrogens (tertiary/aromatic N) is 1. The Kier molecular flexibility index (Phi) is 4.18. The molecule has 0 bridgehead atoms. The molecule has 1 aliphatic rings. The van der Waals surface area contributed by atoms with Crippen molar-refractivity contribution in [3.05, 3.63) is 11.1 Å². The Balaban J connectivity index is 2.96. The predicted octanol–water partition coefficient (Wildman–Crippen LogP) is 2.70. The fourth-order valence-electron chi connectivity index (χ4n) is 1.85. The molecule has 0 N–H and O–H groups in total. The molecule has 0 aliphatic carbocycles. The molecule has 0 aromatic rings. The Morgan fingerprint density at radius 3 is 2.38 bits per heavy atom. The van der Waals surface area contributed by atoms with Crippen LogP contribution < -0.4 is 0 Å². The molecule has 0 radical (unpaired) electrons. The third-order valence-electron chi connectivity index (χ3n) is 2.81. The zero-order chi connectivity index (χ0) is 12.5. The molecule has 0 saturated heterocycles. The summed E-state index contributed by atoms with van der Waals surface area (Å²) < 4.78 is 5.74. The Labute approximate surface area is 106 Å². The molecule has 1 atom stereocenters. The molecule has 0 aromatic carbocycles. The lowest BCUT2D eigenvalue weighted by atomic mass is 10.1. The fourth-order valence-corrected chi connectivity index (χ4v) is 2.03. The van der Waals surface area contributed by atoms with E-state index < -0.39 is 0 Å². The van der Waals surface area contributed by atoms with Gasteiger partial charge in [0.2, 0.25) is 0 Å². The summed E-state index contributed by atoms with van der Waals surface area (Å²) >= 11 is 3.33. The number of hydrogen-bond donors (Lipinski definition) is 0. The van der Waals surface area contributed by atoms with Crippen LogP contribution in [0.4, 0.5) is 0 Å². The standard InChI is InChI=1S/C12H20BrNO2/c1-8-9(2)11(16-7-6-13)14(10(8)15)12(3,4)5/h11H,6-7H2,1-5H3. The molecule has 1 amide bonds. The fraction of sp³-hybridized carbons (Fsp3) is 0.750. The van der Waals surface area contributed by atoms with E-state index in [2.05, 4.69) is 15.9 Å². The number of carbonyl (C=O) groups excluding carboxylic acids is 1. The first-order valence-electron chi connectivity index (χ1n) is 5.49. The molecule has 16 heavy (non-hydrogen) atoms. The normalized spacial score (nSPS) is 22.2. The van der Waals surface area contributed by atoms with Crippen LogP contribution >= 0.6 is 15.9 Å². The second-order valence-corrected chi connectivity index (χ2v) is 5.86. The van der Waals surface area contributed by atoms with Crippen LogP contribution in [-0.2, 0) is 9.53 Å². The van der Waals surface area contributed by atoms with Gasteiger partial charge in [-0.05, 0) is 40.2 Å². The van der Waals surface area contributed by atoms with E-state index in [9.17, 15) is 4.79 Å². The maximum absolute atomic E-state index is 12.1.